The first-order valence-corrected chi connectivity index (χ1v) is 8.00. The van der Waals surface area contributed by atoms with E-state index in [2.05, 4.69) is 19.2 Å². The van der Waals surface area contributed by atoms with Crippen LogP contribution in [0.3, 0.4) is 0 Å². The number of hydrogen-bond acceptors (Lipinski definition) is 2. The summed E-state index contributed by atoms with van der Waals surface area (Å²) in [5, 5.41) is 3.02. The molecule has 22 heavy (non-hydrogen) atoms. The van der Waals surface area contributed by atoms with E-state index in [1.54, 1.807) is 11.9 Å². The molecule has 2 atom stereocenters. The summed E-state index contributed by atoms with van der Waals surface area (Å²) in [6, 6.07) is 7.95. The van der Waals surface area contributed by atoms with E-state index in [9.17, 15) is 9.59 Å². The predicted molar refractivity (Wildman–Crippen MR) is 87.3 cm³/mol. The molecule has 1 aromatic carbocycles. The van der Waals surface area contributed by atoms with Crippen molar-refractivity contribution in [3.05, 3.63) is 35.4 Å². The second kappa shape index (κ2) is 6.95. The van der Waals surface area contributed by atoms with Crippen molar-refractivity contribution in [2.45, 2.75) is 39.7 Å². The van der Waals surface area contributed by atoms with Crippen molar-refractivity contribution >= 4 is 11.8 Å². The van der Waals surface area contributed by atoms with E-state index >= 15 is 0 Å². The van der Waals surface area contributed by atoms with Crippen LogP contribution in [0, 0.1) is 18.8 Å². The first-order chi connectivity index (χ1) is 10.4. The van der Waals surface area contributed by atoms with Gasteiger partial charge in [-0.05, 0) is 24.8 Å². The number of nitrogens with one attached hydrogen (secondary N) is 1. The van der Waals surface area contributed by atoms with Crippen LogP contribution in [0.5, 0.6) is 0 Å². The summed E-state index contributed by atoms with van der Waals surface area (Å²) in [5.41, 5.74) is 2.21. The van der Waals surface area contributed by atoms with Gasteiger partial charge in [-0.15, -0.1) is 0 Å². The minimum Gasteiger partial charge on any atom is -0.356 e. The van der Waals surface area contributed by atoms with Crippen LogP contribution in [0.1, 0.15) is 43.9 Å². The monoisotopic (exact) mass is 302 g/mol. The van der Waals surface area contributed by atoms with E-state index in [4.69, 9.17) is 0 Å². The van der Waals surface area contributed by atoms with E-state index in [-0.39, 0.29) is 23.8 Å². The number of nitrogens with zero attached hydrogens (tertiary/aromatic N) is 1. The Kier molecular flexibility index (Phi) is 5.22. The van der Waals surface area contributed by atoms with Crippen molar-refractivity contribution in [3.8, 4) is 0 Å². The molecule has 1 aromatic rings. The highest BCUT2D eigenvalue weighted by atomic mass is 16.2. The molecule has 2 unspecified atom stereocenters. The standard InChI is InChI=1S/C18H26N2O2/c1-12(2)11-19-18(22)15-9-10-16(21)20(4)17(15)14-7-5-13(3)6-8-14/h5-8,12,15,17H,9-11H2,1-4H3,(H,19,22). The maximum Gasteiger partial charge on any atom is 0.225 e. The molecule has 0 aliphatic carbocycles. The lowest BCUT2D eigenvalue weighted by Crippen LogP contribution is -2.46. The van der Waals surface area contributed by atoms with Gasteiger partial charge >= 0.3 is 0 Å². The second-order valence-corrected chi connectivity index (χ2v) is 6.64. The summed E-state index contributed by atoms with van der Waals surface area (Å²) in [4.78, 5) is 26.4. The van der Waals surface area contributed by atoms with Crippen molar-refractivity contribution in [2.24, 2.45) is 11.8 Å². The minimum atomic E-state index is -0.177. The van der Waals surface area contributed by atoms with Gasteiger partial charge in [0.05, 0.1) is 12.0 Å². The van der Waals surface area contributed by atoms with Gasteiger partial charge in [-0.3, -0.25) is 9.59 Å². The maximum atomic E-state index is 12.6. The van der Waals surface area contributed by atoms with E-state index in [0.29, 0.717) is 25.3 Å². The van der Waals surface area contributed by atoms with Crippen LogP contribution >= 0.6 is 0 Å². The highest BCUT2D eigenvalue weighted by molar-refractivity contribution is 5.84. The summed E-state index contributed by atoms with van der Waals surface area (Å²) < 4.78 is 0. The number of likely N-dealkylation sites (tertiary alicyclic amines) is 1. The number of amides is 2. The zero-order valence-corrected chi connectivity index (χ0v) is 13.9. The summed E-state index contributed by atoms with van der Waals surface area (Å²) in [6.45, 7) is 6.86. The molecule has 1 saturated heterocycles. The molecule has 1 aliphatic rings. The third-order valence-corrected chi connectivity index (χ3v) is 4.30. The minimum absolute atomic E-state index is 0.0543. The summed E-state index contributed by atoms with van der Waals surface area (Å²) in [7, 11) is 1.80. The molecule has 0 radical (unpaired) electrons. The number of piperidine rings is 1. The van der Waals surface area contributed by atoms with E-state index < -0.39 is 0 Å². The first-order valence-electron chi connectivity index (χ1n) is 8.00. The SMILES string of the molecule is Cc1ccc(C2C(C(=O)NCC(C)C)CCC(=O)N2C)cc1. The lowest BCUT2D eigenvalue weighted by molar-refractivity contribution is -0.141. The molecule has 0 saturated carbocycles. The van der Waals surface area contributed by atoms with Crippen LogP contribution in [-0.4, -0.2) is 30.3 Å². The Morgan fingerprint density at radius 2 is 1.95 bits per heavy atom. The Labute approximate surface area is 132 Å². The maximum absolute atomic E-state index is 12.6. The van der Waals surface area contributed by atoms with Crippen molar-refractivity contribution < 1.29 is 9.59 Å². The van der Waals surface area contributed by atoms with Gasteiger partial charge in [-0.1, -0.05) is 43.7 Å². The van der Waals surface area contributed by atoms with Crippen LogP contribution in [0.4, 0.5) is 0 Å². The smallest absolute Gasteiger partial charge is 0.225 e. The topological polar surface area (TPSA) is 49.4 Å². The van der Waals surface area contributed by atoms with Gasteiger partial charge in [0.15, 0.2) is 0 Å². The third-order valence-electron chi connectivity index (χ3n) is 4.30. The average molecular weight is 302 g/mol. The van der Waals surface area contributed by atoms with Gasteiger partial charge in [0.2, 0.25) is 11.8 Å². The summed E-state index contributed by atoms with van der Waals surface area (Å²) in [6.07, 6.45) is 1.06. The van der Waals surface area contributed by atoms with Crippen molar-refractivity contribution in [2.75, 3.05) is 13.6 Å². The molecule has 0 bridgehead atoms. The van der Waals surface area contributed by atoms with E-state index in [1.165, 1.54) is 5.56 Å². The van der Waals surface area contributed by atoms with Gasteiger partial charge in [-0.25, -0.2) is 0 Å². The fraction of sp³-hybridized carbons (Fsp3) is 0.556. The van der Waals surface area contributed by atoms with Gasteiger partial charge in [0, 0.05) is 20.0 Å². The molecule has 2 amide bonds. The Morgan fingerprint density at radius 3 is 2.55 bits per heavy atom. The Bertz CT molecular complexity index is 537. The van der Waals surface area contributed by atoms with E-state index in [1.807, 2.05) is 31.2 Å². The third kappa shape index (κ3) is 3.67. The van der Waals surface area contributed by atoms with E-state index in [0.717, 1.165) is 5.56 Å². The van der Waals surface area contributed by atoms with Gasteiger partial charge in [-0.2, -0.15) is 0 Å². The molecule has 1 N–H and O–H groups in total. The lowest BCUT2D eigenvalue weighted by Gasteiger charge is -2.38. The number of benzene rings is 1. The van der Waals surface area contributed by atoms with Gasteiger partial charge in [0.1, 0.15) is 0 Å². The van der Waals surface area contributed by atoms with Crippen LogP contribution < -0.4 is 5.32 Å². The fourth-order valence-electron chi connectivity index (χ4n) is 2.97. The molecule has 120 valence electrons. The zero-order chi connectivity index (χ0) is 16.3. The van der Waals surface area contributed by atoms with Crippen LogP contribution in [0.15, 0.2) is 24.3 Å². The molecule has 0 spiro atoms. The molecule has 1 fully saturated rings. The molecule has 1 aliphatic heterocycles. The van der Waals surface area contributed by atoms with Crippen LogP contribution in [0.2, 0.25) is 0 Å². The zero-order valence-electron chi connectivity index (χ0n) is 13.9. The molecule has 2 rings (SSSR count). The van der Waals surface area contributed by atoms with Crippen LogP contribution in [-0.2, 0) is 9.59 Å². The molecule has 1 heterocycles. The number of rotatable bonds is 4. The Balaban J connectivity index is 2.24. The van der Waals surface area contributed by atoms with Crippen molar-refractivity contribution in [1.82, 2.24) is 10.2 Å². The van der Waals surface area contributed by atoms with Crippen molar-refractivity contribution in [1.29, 1.82) is 0 Å². The highest BCUT2D eigenvalue weighted by Crippen LogP contribution is 2.35. The number of carbonyl (C=O) groups excluding carboxylic acids is 2. The van der Waals surface area contributed by atoms with Gasteiger partial charge < -0.3 is 10.2 Å². The number of aryl methyl sites for hydroxylation is 1. The Hall–Kier alpha value is -1.84. The molecule has 4 nitrogen and oxygen atoms in total. The van der Waals surface area contributed by atoms with Crippen LogP contribution in [0.25, 0.3) is 0 Å². The molecule has 4 heteroatoms. The number of carbonyl (C=O) groups is 2. The first kappa shape index (κ1) is 16.5. The molecule has 0 aromatic heterocycles. The number of hydrogen-bond donors (Lipinski definition) is 1. The van der Waals surface area contributed by atoms with Crippen molar-refractivity contribution in [3.63, 3.8) is 0 Å². The quantitative estimate of drug-likeness (QED) is 0.929. The summed E-state index contributed by atoms with van der Waals surface area (Å²) in [5.74, 6) is 0.408. The fourth-order valence-corrected chi connectivity index (χ4v) is 2.97. The predicted octanol–water partition coefficient (Wildman–Crippen LogP) is 2.68. The Morgan fingerprint density at radius 1 is 1.32 bits per heavy atom. The molecular formula is C18H26N2O2. The lowest BCUT2D eigenvalue weighted by atomic mass is 9.83. The summed E-state index contributed by atoms with van der Waals surface area (Å²) >= 11 is 0. The normalized spacial score (nSPS) is 22.0. The highest BCUT2D eigenvalue weighted by Gasteiger charge is 2.38. The van der Waals surface area contributed by atoms with Gasteiger partial charge in [0.25, 0.3) is 0 Å². The second-order valence-electron chi connectivity index (χ2n) is 6.64. The molecular weight excluding hydrogens is 276 g/mol. The average Bonchev–Trinajstić information content (AvgIpc) is 2.48. The largest absolute Gasteiger partial charge is 0.356 e.